The lowest BCUT2D eigenvalue weighted by Gasteiger charge is -2.31. The average Bonchev–Trinajstić information content (AvgIpc) is 3.63. The number of benzene rings is 1. The summed E-state index contributed by atoms with van der Waals surface area (Å²) in [6.45, 7) is 3.40. The van der Waals surface area contributed by atoms with Gasteiger partial charge >= 0.3 is 5.97 Å². The van der Waals surface area contributed by atoms with Crippen LogP contribution in [0.15, 0.2) is 60.9 Å². The first-order valence-electron chi connectivity index (χ1n) is 13.7. The maximum absolute atomic E-state index is 13.5. The number of halogens is 1. The number of nitriles is 1. The monoisotopic (exact) mass is 581 g/mol. The lowest BCUT2D eigenvalue weighted by atomic mass is 9.97. The van der Waals surface area contributed by atoms with Crippen LogP contribution in [0.25, 0.3) is 28.0 Å². The van der Waals surface area contributed by atoms with Gasteiger partial charge in [-0.05, 0) is 67.8 Å². The second-order valence-electron chi connectivity index (χ2n) is 10.2. The highest BCUT2D eigenvalue weighted by Gasteiger charge is 2.25. The predicted octanol–water partition coefficient (Wildman–Crippen LogP) is 6.16. The molecule has 0 saturated carbocycles. The zero-order valence-corrected chi connectivity index (χ0v) is 24.0. The van der Waals surface area contributed by atoms with E-state index in [0.717, 1.165) is 34.1 Å². The van der Waals surface area contributed by atoms with Crippen molar-refractivity contribution in [2.75, 3.05) is 29.9 Å². The van der Waals surface area contributed by atoms with E-state index in [1.54, 1.807) is 12.1 Å². The van der Waals surface area contributed by atoms with Crippen LogP contribution in [0.1, 0.15) is 30.3 Å². The Bertz CT molecular complexity index is 1800. The Kier molecular flexibility index (Phi) is 7.31. The standard InChI is InChI=1S/C31H28FN7O2S/c1-3-24-29(37(2)31-36-28(25(16-33)42-31)19-4-8-23(32)9-5-19)39-18-22(7-11-27(39)35-24)21-6-10-26(34-17-21)38-14-12-20(13-15-38)30(40)41/h4-11,17-18,20H,3,12-15H2,1-2H3,(H,40,41). The zero-order valence-electron chi connectivity index (χ0n) is 23.2. The molecule has 11 heteroatoms. The fourth-order valence-corrected chi connectivity index (χ4v) is 6.21. The van der Waals surface area contributed by atoms with Crippen LogP contribution in [0.4, 0.5) is 21.2 Å². The molecule has 0 spiro atoms. The Hall–Kier alpha value is -4.82. The number of aryl methyl sites for hydroxylation is 1. The molecular formula is C31H28FN7O2S. The smallest absolute Gasteiger partial charge is 0.306 e. The van der Waals surface area contributed by atoms with Gasteiger partial charge in [-0.1, -0.05) is 18.3 Å². The van der Waals surface area contributed by atoms with Crippen molar-refractivity contribution in [3.05, 3.63) is 77.3 Å². The Morgan fingerprint density at radius 3 is 2.45 bits per heavy atom. The van der Waals surface area contributed by atoms with E-state index in [2.05, 4.69) is 17.9 Å². The van der Waals surface area contributed by atoms with Crippen LogP contribution in [0, 0.1) is 23.1 Å². The van der Waals surface area contributed by atoms with Crippen LogP contribution in [-0.4, -0.2) is 50.6 Å². The largest absolute Gasteiger partial charge is 0.481 e. The number of hydrogen-bond acceptors (Lipinski definition) is 8. The topological polar surface area (TPSA) is 111 Å². The minimum absolute atomic E-state index is 0.284. The Morgan fingerprint density at radius 1 is 1.10 bits per heavy atom. The molecule has 5 heterocycles. The van der Waals surface area contributed by atoms with Crippen LogP contribution in [0.3, 0.4) is 0 Å². The maximum Gasteiger partial charge on any atom is 0.306 e. The summed E-state index contributed by atoms with van der Waals surface area (Å²) in [4.78, 5) is 30.1. The molecule has 212 valence electrons. The molecule has 5 aromatic rings. The van der Waals surface area contributed by atoms with Crippen LogP contribution in [-0.2, 0) is 11.2 Å². The van der Waals surface area contributed by atoms with Crippen molar-refractivity contribution in [1.29, 1.82) is 5.26 Å². The number of imidazole rings is 1. The Morgan fingerprint density at radius 2 is 1.81 bits per heavy atom. The van der Waals surface area contributed by atoms with Crippen molar-refractivity contribution in [2.45, 2.75) is 26.2 Å². The first-order chi connectivity index (χ1) is 20.4. The highest BCUT2D eigenvalue weighted by molar-refractivity contribution is 7.16. The number of carboxylic acids is 1. The summed E-state index contributed by atoms with van der Waals surface area (Å²) in [6.07, 6.45) is 5.81. The summed E-state index contributed by atoms with van der Waals surface area (Å²) in [7, 11) is 1.91. The number of aromatic nitrogens is 4. The molecule has 0 unspecified atom stereocenters. The minimum atomic E-state index is -0.724. The van der Waals surface area contributed by atoms with Crippen molar-refractivity contribution in [2.24, 2.45) is 5.92 Å². The Labute approximate surface area is 246 Å². The summed E-state index contributed by atoms with van der Waals surface area (Å²) in [5.41, 5.74) is 4.80. The van der Waals surface area contributed by atoms with Crippen molar-refractivity contribution >= 4 is 39.7 Å². The van der Waals surface area contributed by atoms with Gasteiger partial charge in [-0.2, -0.15) is 5.26 Å². The second kappa shape index (κ2) is 11.2. The normalized spacial score (nSPS) is 13.8. The molecule has 1 N–H and O–H groups in total. The molecule has 0 atom stereocenters. The van der Waals surface area contributed by atoms with Gasteiger partial charge in [0, 0.05) is 49.2 Å². The number of pyridine rings is 2. The lowest BCUT2D eigenvalue weighted by molar-refractivity contribution is -0.142. The predicted molar refractivity (Wildman–Crippen MR) is 161 cm³/mol. The number of hydrogen-bond donors (Lipinski definition) is 1. The molecule has 0 amide bonds. The van der Waals surface area contributed by atoms with Gasteiger partial charge in [0.25, 0.3) is 0 Å². The third-order valence-electron chi connectivity index (χ3n) is 7.69. The highest BCUT2D eigenvalue weighted by Crippen LogP contribution is 2.37. The molecule has 0 aliphatic carbocycles. The van der Waals surface area contributed by atoms with Gasteiger partial charge in [0.1, 0.15) is 39.7 Å². The number of nitrogens with zero attached hydrogens (tertiary/aromatic N) is 7. The molecule has 1 saturated heterocycles. The van der Waals surface area contributed by atoms with E-state index in [1.165, 1.54) is 23.5 Å². The molecular weight excluding hydrogens is 553 g/mol. The van der Waals surface area contributed by atoms with Gasteiger partial charge in [-0.25, -0.2) is 19.3 Å². The van der Waals surface area contributed by atoms with Gasteiger partial charge in [0.2, 0.25) is 0 Å². The quantitative estimate of drug-likeness (QED) is 0.243. The number of aliphatic carboxylic acids is 1. The van der Waals surface area contributed by atoms with Crippen LogP contribution in [0.2, 0.25) is 0 Å². The van der Waals surface area contributed by atoms with E-state index >= 15 is 0 Å². The molecule has 6 rings (SSSR count). The maximum atomic E-state index is 13.5. The molecule has 0 bridgehead atoms. The fourth-order valence-electron chi connectivity index (χ4n) is 5.37. The van der Waals surface area contributed by atoms with E-state index in [0.29, 0.717) is 53.6 Å². The van der Waals surface area contributed by atoms with E-state index in [1.807, 2.05) is 53.0 Å². The average molecular weight is 582 g/mol. The zero-order chi connectivity index (χ0) is 29.4. The summed E-state index contributed by atoms with van der Waals surface area (Å²) < 4.78 is 15.5. The number of carbonyl (C=O) groups is 1. The summed E-state index contributed by atoms with van der Waals surface area (Å²) in [5.74, 6) is 0.341. The molecule has 1 fully saturated rings. The third kappa shape index (κ3) is 5.05. The van der Waals surface area contributed by atoms with Gasteiger partial charge in [-0.3, -0.25) is 9.20 Å². The number of thiazole rings is 1. The van der Waals surface area contributed by atoms with E-state index in [4.69, 9.17) is 15.0 Å². The van der Waals surface area contributed by atoms with Gasteiger partial charge in [0.15, 0.2) is 5.13 Å². The van der Waals surface area contributed by atoms with Crippen LogP contribution < -0.4 is 9.80 Å². The van der Waals surface area contributed by atoms with E-state index < -0.39 is 5.97 Å². The first kappa shape index (κ1) is 27.4. The van der Waals surface area contributed by atoms with E-state index in [9.17, 15) is 19.6 Å². The van der Waals surface area contributed by atoms with Crippen molar-refractivity contribution in [1.82, 2.24) is 19.4 Å². The van der Waals surface area contributed by atoms with Crippen molar-refractivity contribution in [3.8, 4) is 28.5 Å². The molecule has 0 radical (unpaired) electrons. The van der Waals surface area contributed by atoms with Gasteiger partial charge < -0.3 is 14.9 Å². The SMILES string of the molecule is CCc1nc2ccc(-c3ccc(N4CCC(C(=O)O)CC4)nc3)cn2c1N(C)c1nc(-c2ccc(F)cc2)c(C#N)s1. The van der Waals surface area contributed by atoms with Crippen LogP contribution in [0.5, 0.6) is 0 Å². The molecule has 1 aliphatic heterocycles. The summed E-state index contributed by atoms with van der Waals surface area (Å²) in [6, 6.07) is 16.2. The minimum Gasteiger partial charge on any atom is -0.481 e. The first-order valence-corrected chi connectivity index (χ1v) is 14.5. The number of anilines is 3. The molecule has 4 aromatic heterocycles. The fraction of sp³-hybridized carbons (Fsp3) is 0.258. The lowest BCUT2D eigenvalue weighted by Crippen LogP contribution is -2.36. The van der Waals surface area contributed by atoms with Crippen molar-refractivity contribution < 1.29 is 14.3 Å². The third-order valence-corrected chi connectivity index (χ3v) is 8.72. The number of rotatable bonds is 7. The summed E-state index contributed by atoms with van der Waals surface area (Å²) in [5, 5.41) is 19.7. The van der Waals surface area contributed by atoms with Gasteiger partial charge in [0.05, 0.1) is 11.6 Å². The number of piperidine rings is 1. The van der Waals surface area contributed by atoms with E-state index in [-0.39, 0.29) is 11.7 Å². The molecule has 42 heavy (non-hydrogen) atoms. The highest BCUT2D eigenvalue weighted by atomic mass is 32.1. The number of fused-ring (bicyclic) bond motifs is 1. The van der Waals surface area contributed by atoms with Crippen molar-refractivity contribution in [3.63, 3.8) is 0 Å². The second-order valence-corrected chi connectivity index (χ2v) is 11.2. The summed E-state index contributed by atoms with van der Waals surface area (Å²) >= 11 is 1.28. The molecule has 9 nitrogen and oxygen atoms in total. The number of carboxylic acid groups (broad SMARTS) is 1. The van der Waals surface area contributed by atoms with Crippen LogP contribution >= 0.6 is 11.3 Å². The molecule has 1 aromatic carbocycles. The van der Waals surface area contributed by atoms with Gasteiger partial charge in [-0.15, -0.1) is 0 Å². The molecule has 1 aliphatic rings. The Balaban J connectivity index is 1.31.